The Kier molecular flexibility index (Phi) is 3.79. The summed E-state index contributed by atoms with van der Waals surface area (Å²) in [6.07, 6.45) is 3.33. The molecule has 2 fully saturated rings. The number of amides is 2. The monoisotopic (exact) mass is 343 g/mol. The molecule has 9 nitrogen and oxygen atoms in total. The van der Waals surface area contributed by atoms with Crippen molar-refractivity contribution in [2.45, 2.75) is 26.4 Å². The van der Waals surface area contributed by atoms with E-state index >= 15 is 0 Å². The first-order valence-electron chi connectivity index (χ1n) is 8.37. The van der Waals surface area contributed by atoms with Crippen molar-refractivity contribution in [2.24, 2.45) is 0 Å². The molecule has 1 N–H and O–H groups in total. The molecule has 2 aromatic rings. The van der Waals surface area contributed by atoms with Gasteiger partial charge in [0.1, 0.15) is 18.7 Å². The minimum atomic E-state index is -0.378. The molecule has 2 aliphatic heterocycles. The zero-order valence-electron chi connectivity index (χ0n) is 14.3. The van der Waals surface area contributed by atoms with Gasteiger partial charge in [-0.25, -0.2) is 4.68 Å². The second-order valence-electron chi connectivity index (χ2n) is 6.61. The number of piperazine rings is 2. The maximum atomic E-state index is 12.1. The van der Waals surface area contributed by atoms with E-state index in [0.717, 1.165) is 24.5 Å². The fourth-order valence-electron chi connectivity index (χ4n) is 3.76. The lowest BCUT2D eigenvalue weighted by Gasteiger charge is -2.42. The Morgan fingerprint density at radius 1 is 1.20 bits per heavy atom. The molecule has 4 rings (SSSR count). The summed E-state index contributed by atoms with van der Waals surface area (Å²) in [4.78, 5) is 28.0. The molecule has 132 valence electrons. The maximum Gasteiger partial charge on any atom is 0.244 e. The predicted octanol–water partition coefficient (Wildman–Crippen LogP) is -0.850. The lowest BCUT2D eigenvalue weighted by molar-refractivity contribution is -0.149. The first-order chi connectivity index (χ1) is 12.0. The zero-order chi connectivity index (χ0) is 17.6. The second-order valence-corrected chi connectivity index (χ2v) is 6.61. The van der Waals surface area contributed by atoms with Crippen molar-refractivity contribution in [3.63, 3.8) is 0 Å². The number of hydrogen-bond donors (Lipinski definition) is 1. The summed E-state index contributed by atoms with van der Waals surface area (Å²) in [6.45, 7) is 6.90. The van der Waals surface area contributed by atoms with Gasteiger partial charge in [-0.3, -0.25) is 19.2 Å². The lowest BCUT2D eigenvalue weighted by atomic mass is 10.1. The molecule has 0 aliphatic carbocycles. The third-order valence-electron chi connectivity index (χ3n) is 5.03. The highest BCUT2D eigenvalue weighted by Gasteiger charge is 2.38. The number of rotatable bonds is 3. The molecule has 0 aromatic carbocycles. The highest BCUT2D eigenvalue weighted by molar-refractivity contribution is 5.95. The molecular weight excluding hydrogens is 322 g/mol. The van der Waals surface area contributed by atoms with Crippen LogP contribution in [0.25, 0.3) is 0 Å². The number of nitrogens with one attached hydrogen (secondary N) is 1. The Balaban J connectivity index is 1.53. The van der Waals surface area contributed by atoms with Crippen molar-refractivity contribution < 1.29 is 9.59 Å². The Labute approximate surface area is 145 Å². The van der Waals surface area contributed by atoms with Gasteiger partial charge in [0.05, 0.1) is 6.54 Å². The summed E-state index contributed by atoms with van der Waals surface area (Å²) in [6, 6.07) is 1.77. The quantitative estimate of drug-likeness (QED) is 0.784. The van der Waals surface area contributed by atoms with E-state index in [2.05, 4.69) is 38.1 Å². The van der Waals surface area contributed by atoms with Crippen LogP contribution in [0.3, 0.4) is 0 Å². The van der Waals surface area contributed by atoms with Gasteiger partial charge < -0.3 is 10.2 Å². The van der Waals surface area contributed by atoms with Crippen LogP contribution in [-0.4, -0.2) is 73.4 Å². The molecule has 2 aromatic heterocycles. The van der Waals surface area contributed by atoms with E-state index in [0.29, 0.717) is 13.1 Å². The number of fused-ring (bicyclic) bond motifs is 1. The van der Waals surface area contributed by atoms with Crippen LogP contribution in [0, 0.1) is 13.8 Å². The van der Waals surface area contributed by atoms with Crippen LogP contribution in [0.2, 0.25) is 0 Å². The van der Waals surface area contributed by atoms with Crippen LogP contribution in [0.1, 0.15) is 17.0 Å². The predicted molar refractivity (Wildman–Crippen MR) is 88.5 cm³/mol. The molecule has 0 spiro atoms. The van der Waals surface area contributed by atoms with E-state index in [1.165, 1.54) is 5.56 Å². The Hall–Kier alpha value is -2.68. The summed E-state index contributed by atoms with van der Waals surface area (Å²) in [5, 5.41) is 10.4. The van der Waals surface area contributed by atoms with Crippen molar-refractivity contribution in [1.29, 1.82) is 0 Å². The van der Waals surface area contributed by atoms with E-state index in [9.17, 15) is 9.59 Å². The van der Waals surface area contributed by atoms with E-state index in [1.54, 1.807) is 17.6 Å². The first kappa shape index (κ1) is 15.8. The summed E-state index contributed by atoms with van der Waals surface area (Å²) < 4.78 is 3.90. The van der Waals surface area contributed by atoms with Crippen LogP contribution in [-0.2, 0) is 16.1 Å². The van der Waals surface area contributed by atoms with E-state index in [-0.39, 0.29) is 24.4 Å². The summed E-state index contributed by atoms with van der Waals surface area (Å²) in [5.41, 5.74) is 3.41. The number of nitrogens with zero attached hydrogens (tertiary/aromatic N) is 6. The number of carbonyl (C=O) groups excluding carboxylic acids is 2. The molecule has 1 atom stereocenters. The van der Waals surface area contributed by atoms with Gasteiger partial charge in [-0.1, -0.05) is 0 Å². The third-order valence-corrected chi connectivity index (χ3v) is 5.03. The number of aryl methyl sites for hydroxylation is 1. The largest absolute Gasteiger partial charge is 0.345 e. The number of aromatic nitrogens is 4. The van der Waals surface area contributed by atoms with Gasteiger partial charge in [0.2, 0.25) is 11.8 Å². The topological polar surface area (TPSA) is 88.3 Å². The van der Waals surface area contributed by atoms with E-state index in [1.807, 2.05) is 11.6 Å². The molecule has 2 saturated heterocycles. The van der Waals surface area contributed by atoms with Crippen LogP contribution < -0.4 is 5.32 Å². The lowest BCUT2D eigenvalue weighted by Crippen LogP contribution is -2.65. The zero-order valence-corrected chi connectivity index (χ0v) is 14.3. The van der Waals surface area contributed by atoms with Gasteiger partial charge in [-0.15, -0.1) is 10.2 Å². The van der Waals surface area contributed by atoms with Gasteiger partial charge in [0, 0.05) is 37.6 Å². The van der Waals surface area contributed by atoms with E-state index in [4.69, 9.17) is 0 Å². The molecular formula is C16H21N7O2. The smallest absolute Gasteiger partial charge is 0.244 e. The normalized spacial score (nSPS) is 21.4. The summed E-state index contributed by atoms with van der Waals surface area (Å²) >= 11 is 0. The molecule has 0 unspecified atom stereocenters. The Morgan fingerprint density at radius 3 is 2.72 bits per heavy atom. The van der Waals surface area contributed by atoms with Crippen molar-refractivity contribution in [1.82, 2.24) is 34.7 Å². The van der Waals surface area contributed by atoms with Gasteiger partial charge in [-0.05, 0) is 25.5 Å². The average molecular weight is 343 g/mol. The second kappa shape index (κ2) is 5.99. The molecule has 0 radical (unpaired) electrons. The fraction of sp³-hybridized carbons (Fsp3) is 0.500. The minimum Gasteiger partial charge on any atom is -0.345 e. The van der Waals surface area contributed by atoms with Crippen molar-refractivity contribution in [3.05, 3.63) is 35.7 Å². The standard InChI is InChI=1S/C16H21N7O2/c1-11-5-13(12(2)23(11)21-9-18-19-10-21)7-20-3-4-22-14(8-20)16(25)17-6-15(22)24/h5,9-10,14H,3-4,6-8H2,1-2H3,(H,17,25)/t14-/m0/s1. The van der Waals surface area contributed by atoms with Gasteiger partial charge in [-0.2, -0.15) is 0 Å². The molecule has 2 amide bonds. The van der Waals surface area contributed by atoms with Crippen LogP contribution in [0.5, 0.6) is 0 Å². The average Bonchev–Trinajstić information content (AvgIpc) is 3.20. The van der Waals surface area contributed by atoms with Crippen molar-refractivity contribution >= 4 is 11.8 Å². The minimum absolute atomic E-state index is 0.00929. The molecule has 0 saturated carbocycles. The van der Waals surface area contributed by atoms with Crippen molar-refractivity contribution in [2.75, 3.05) is 26.2 Å². The first-order valence-corrected chi connectivity index (χ1v) is 8.37. The summed E-state index contributed by atoms with van der Waals surface area (Å²) in [5.74, 6) is -0.0469. The van der Waals surface area contributed by atoms with Crippen LogP contribution >= 0.6 is 0 Å². The fourth-order valence-corrected chi connectivity index (χ4v) is 3.76. The molecule has 9 heteroatoms. The van der Waals surface area contributed by atoms with Gasteiger partial charge >= 0.3 is 0 Å². The van der Waals surface area contributed by atoms with E-state index < -0.39 is 0 Å². The van der Waals surface area contributed by atoms with Crippen LogP contribution in [0.4, 0.5) is 0 Å². The number of hydrogen-bond acceptors (Lipinski definition) is 5. The highest BCUT2D eigenvalue weighted by atomic mass is 16.2. The molecule has 2 aliphatic rings. The van der Waals surface area contributed by atoms with Gasteiger partial charge in [0.15, 0.2) is 0 Å². The van der Waals surface area contributed by atoms with Crippen LogP contribution in [0.15, 0.2) is 18.7 Å². The maximum absolute atomic E-state index is 12.1. The number of carbonyl (C=O) groups is 2. The van der Waals surface area contributed by atoms with Crippen molar-refractivity contribution in [3.8, 4) is 0 Å². The van der Waals surface area contributed by atoms with Gasteiger partial charge in [0.25, 0.3) is 0 Å². The third kappa shape index (κ3) is 2.70. The Morgan fingerprint density at radius 2 is 1.96 bits per heavy atom. The Bertz CT molecular complexity index is 811. The molecule has 25 heavy (non-hydrogen) atoms. The molecule has 4 heterocycles. The molecule has 0 bridgehead atoms. The SMILES string of the molecule is Cc1cc(CN2CCN3C(=O)CNC(=O)[C@@H]3C2)c(C)n1-n1cnnc1. The summed E-state index contributed by atoms with van der Waals surface area (Å²) in [7, 11) is 0. The highest BCUT2D eigenvalue weighted by Crippen LogP contribution is 2.20.